The van der Waals surface area contributed by atoms with Crippen molar-refractivity contribution in [3.05, 3.63) is 86.8 Å². The van der Waals surface area contributed by atoms with Crippen molar-refractivity contribution >= 4 is 17.5 Å². The summed E-state index contributed by atoms with van der Waals surface area (Å²) >= 11 is 5.91. The van der Waals surface area contributed by atoms with Gasteiger partial charge in [-0.2, -0.15) is 0 Å². The molecule has 1 aliphatic rings. The molecule has 160 valence electrons. The zero-order valence-corrected chi connectivity index (χ0v) is 18.2. The summed E-state index contributed by atoms with van der Waals surface area (Å²) in [6, 6.07) is 16.7. The first-order valence-electron chi connectivity index (χ1n) is 10.5. The minimum Gasteiger partial charge on any atom is -0.496 e. The minimum absolute atomic E-state index is 0.0148. The van der Waals surface area contributed by atoms with Crippen molar-refractivity contribution in [2.45, 2.75) is 38.8 Å². The maximum atomic E-state index is 13.1. The Morgan fingerprint density at radius 2 is 1.81 bits per heavy atom. The summed E-state index contributed by atoms with van der Waals surface area (Å²) in [5.41, 5.74) is 4.72. The molecule has 3 aromatic rings. The van der Waals surface area contributed by atoms with E-state index in [-0.39, 0.29) is 18.0 Å². The Balaban J connectivity index is 1.62. The monoisotopic (exact) mass is 436 g/mol. The number of hydrogen-bond donors (Lipinski definition) is 1. The number of aromatic nitrogens is 1. The van der Waals surface area contributed by atoms with Gasteiger partial charge in [-0.05, 0) is 60.6 Å². The molecular formula is C25H25ClN2O3. The van der Waals surface area contributed by atoms with Gasteiger partial charge in [-0.25, -0.2) is 0 Å². The quantitative estimate of drug-likeness (QED) is 0.624. The number of fused-ring (bicyclic) bond motifs is 1. The van der Waals surface area contributed by atoms with Gasteiger partial charge in [0.25, 0.3) is 5.56 Å². The molecule has 1 heterocycles. The summed E-state index contributed by atoms with van der Waals surface area (Å²) in [5, 5.41) is 3.56. The number of methoxy groups -OCH3 is 1. The predicted octanol–water partition coefficient (Wildman–Crippen LogP) is 4.37. The van der Waals surface area contributed by atoms with Crippen LogP contribution in [-0.2, 0) is 30.7 Å². The van der Waals surface area contributed by atoms with E-state index in [0.717, 1.165) is 59.4 Å². The van der Waals surface area contributed by atoms with Gasteiger partial charge in [-0.15, -0.1) is 0 Å². The van der Waals surface area contributed by atoms with Crippen molar-refractivity contribution in [3.63, 3.8) is 0 Å². The Morgan fingerprint density at radius 3 is 2.58 bits per heavy atom. The molecule has 6 heteroatoms. The van der Waals surface area contributed by atoms with Gasteiger partial charge in [0.1, 0.15) is 12.3 Å². The van der Waals surface area contributed by atoms with Crippen molar-refractivity contribution in [1.29, 1.82) is 0 Å². The molecule has 0 fully saturated rings. The van der Waals surface area contributed by atoms with E-state index >= 15 is 0 Å². The van der Waals surface area contributed by atoms with Crippen LogP contribution in [0.4, 0.5) is 0 Å². The Kier molecular flexibility index (Phi) is 6.42. The molecule has 0 saturated heterocycles. The fourth-order valence-corrected chi connectivity index (χ4v) is 4.31. The second-order valence-electron chi connectivity index (χ2n) is 7.72. The van der Waals surface area contributed by atoms with Gasteiger partial charge in [0.05, 0.1) is 7.11 Å². The van der Waals surface area contributed by atoms with Gasteiger partial charge in [-0.3, -0.25) is 9.59 Å². The maximum Gasteiger partial charge on any atom is 0.251 e. The van der Waals surface area contributed by atoms with Crippen LogP contribution in [-0.4, -0.2) is 17.6 Å². The lowest BCUT2D eigenvalue weighted by atomic mass is 9.88. The minimum atomic E-state index is -0.185. The summed E-state index contributed by atoms with van der Waals surface area (Å²) in [6.07, 6.45) is 3.75. The molecule has 1 aliphatic carbocycles. The molecular weight excluding hydrogens is 412 g/mol. The molecule has 1 amide bonds. The van der Waals surface area contributed by atoms with Gasteiger partial charge in [0, 0.05) is 28.9 Å². The SMILES string of the molecule is COc1ccccc1-c1cc(=O)n(CC(=O)NCc2ccc(Cl)cc2)c2c1CCCC2. The van der Waals surface area contributed by atoms with E-state index in [9.17, 15) is 9.59 Å². The van der Waals surface area contributed by atoms with Gasteiger partial charge in [-0.1, -0.05) is 41.9 Å². The average Bonchev–Trinajstić information content (AvgIpc) is 2.80. The van der Waals surface area contributed by atoms with E-state index in [2.05, 4.69) is 5.32 Å². The van der Waals surface area contributed by atoms with E-state index in [1.165, 1.54) is 0 Å². The van der Waals surface area contributed by atoms with E-state index in [1.807, 2.05) is 36.4 Å². The molecule has 0 radical (unpaired) electrons. The zero-order valence-electron chi connectivity index (χ0n) is 17.5. The van der Waals surface area contributed by atoms with Crippen molar-refractivity contribution in [2.24, 2.45) is 0 Å². The molecule has 0 atom stereocenters. The number of amides is 1. The van der Waals surface area contributed by atoms with Crippen molar-refractivity contribution < 1.29 is 9.53 Å². The average molecular weight is 437 g/mol. The highest BCUT2D eigenvalue weighted by molar-refractivity contribution is 6.30. The van der Waals surface area contributed by atoms with Crippen LogP contribution >= 0.6 is 11.6 Å². The molecule has 0 bridgehead atoms. The third-order valence-corrected chi connectivity index (χ3v) is 5.98. The molecule has 0 unspecified atom stereocenters. The maximum absolute atomic E-state index is 13.1. The summed E-state index contributed by atoms with van der Waals surface area (Å²) in [6.45, 7) is 0.410. The first-order chi connectivity index (χ1) is 15.1. The topological polar surface area (TPSA) is 60.3 Å². The van der Waals surface area contributed by atoms with Crippen molar-refractivity contribution in [1.82, 2.24) is 9.88 Å². The van der Waals surface area contributed by atoms with Gasteiger partial charge in [0.15, 0.2) is 0 Å². The summed E-state index contributed by atoms with van der Waals surface area (Å²) in [4.78, 5) is 25.7. The molecule has 31 heavy (non-hydrogen) atoms. The number of carbonyl (C=O) groups excluding carboxylic acids is 1. The zero-order chi connectivity index (χ0) is 21.8. The number of carbonyl (C=O) groups is 1. The Hall–Kier alpha value is -3.05. The predicted molar refractivity (Wildman–Crippen MR) is 123 cm³/mol. The number of benzene rings is 2. The molecule has 0 spiro atoms. The summed E-state index contributed by atoms with van der Waals surface area (Å²) in [7, 11) is 1.64. The van der Waals surface area contributed by atoms with Crippen LogP contribution in [0.5, 0.6) is 5.75 Å². The molecule has 4 rings (SSSR count). The molecule has 1 aromatic heterocycles. The second-order valence-corrected chi connectivity index (χ2v) is 8.15. The highest BCUT2D eigenvalue weighted by Crippen LogP contribution is 2.35. The summed E-state index contributed by atoms with van der Waals surface area (Å²) in [5.74, 6) is 0.558. The van der Waals surface area contributed by atoms with E-state index in [1.54, 1.807) is 29.9 Å². The lowest BCUT2D eigenvalue weighted by Crippen LogP contribution is -2.35. The van der Waals surface area contributed by atoms with Crippen LogP contribution in [0.2, 0.25) is 5.02 Å². The van der Waals surface area contributed by atoms with Gasteiger partial charge >= 0.3 is 0 Å². The Morgan fingerprint density at radius 1 is 1.06 bits per heavy atom. The number of hydrogen-bond acceptors (Lipinski definition) is 3. The van der Waals surface area contributed by atoms with Crippen LogP contribution in [0.3, 0.4) is 0 Å². The van der Waals surface area contributed by atoms with Crippen LogP contribution in [0.1, 0.15) is 29.7 Å². The molecule has 1 N–H and O–H groups in total. The smallest absolute Gasteiger partial charge is 0.251 e. The van der Waals surface area contributed by atoms with E-state index < -0.39 is 0 Å². The number of pyridine rings is 1. The van der Waals surface area contributed by atoms with E-state index in [4.69, 9.17) is 16.3 Å². The lowest BCUT2D eigenvalue weighted by Gasteiger charge is -2.24. The molecule has 5 nitrogen and oxygen atoms in total. The molecule has 0 aliphatic heterocycles. The Labute approximate surface area is 186 Å². The number of nitrogens with one attached hydrogen (secondary N) is 1. The first kappa shape index (κ1) is 21.2. The fourth-order valence-electron chi connectivity index (χ4n) is 4.18. The molecule has 2 aromatic carbocycles. The largest absolute Gasteiger partial charge is 0.496 e. The third-order valence-electron chi connectivity index (χ3n) is 5.73. The normalized spacial score (nSPS) is 12.8. The highest BCUT2D eigenvalue weighted by atomic mass is 35.5. The number of halogens is 1. The fraction of sp³-hybridized carbons (Fsp3) is 0.280. The van der Waals surface area contributed by atoms with Gasteiger partial charge in [0.2, 0.25) is 5.91 Å². The van der Waals surface area contributed by atoms with Crippen LogP contribution < -0.4 is 15.6 Å². The Bertz CT molecular complexity index is 1150. The van der Waals surface area contributed by atoms with Crippen LogP contribution in [0, 0.1) is 0 Å². The third kappa shape index (κ3) is 4.67. The van der Waals surface area contributed by atoms with Crippen LogP contribution in [0.15, 0.2) is 59.4 Å². The number of ether oxygens (including phenoxy) is 1. The van der Waals surface area contributed by atoms with Crippen molar-refractivity contribution in [3.8, 4) is 16.9 Å². The lowest BCUT2D eigenvalue weighted by molar-refractivity contribution is -0.121. The number of rotatable bonds is 6. The first-order valence-corrected chi connectivity index (χ1v) is 10.8. The van der Waals surface area contributed by atoms with Crippen LogP contribution in [0.25, 0.3) is 11.1 Å². The highest BCUT2D eigenvalue weighted by Gasteiger charge is 2.22. The number of nitrogens with zero attached hydrogens (tertiary/aromatic N) is 1. The summed E-state index contributed by atoms with van der Waals surface area (Å²) < 4.78 is 7.16. The van der Waals surface area contributed by atoms with E-state index in [0.29, 0.717) is 11.6 Å². The standard InChI is InChI=1S/C25H25ClN2O3/c1-31-23-9-5-3-7-20(23)21-14-25(30)28(22-8-4-2-6-19(21)22)16-24(29)27-15-17-10-12-18(26)13-11-17/h3,5,7,9-14H,2,4,6,8,15-16H2,1H3,(H,27,29). The second kappa shape index (κ2) is 9.40. The number of para-hydroxylation sites is 1. The van der Waals surface area contributed by atoms with Crippen molar-refractivity contribution in [2.75, 3.05) is 7.11 Å². The van der Waals surface area contributed by atoms with Gasteiger partial charge < -0.3 is 14.6 Å². The molecule has 0 saturated carbocycles.